The summed E-state index contributed by atoms with van der Waals surface area (Å²) in [6, 6.07) is 6.46. The van der Waals surface area contributed by atoms with Crippen molar-refractivity contribution in [3.05, 3.63) is 30.1 Å². The van der Waals surface area contributed by atoms with E-state index in [1.165, 1.54) is 11.1 Å². The summed E-state index contributed by atoms with van der Waals surface area (Å²) >= 11 is 0. The molecule has 3 heteroatoms. The van der Waals surface area contributed by atoms with Crippen LogP contribution in [0.25, 0.3) is 11.0 Å². The van der Waals surface area contributed by atoms with Gasteiger partial charge in [-0.05, 0) is 36.1 Å². The zero-order valence-electron chi connectivity index (χ0n) is 10.1. The van der Waals surface area contributed by atoms with Crippen LogP contribution in [-0.2, 0) is 7.05 Å². The fourth-order valence-corrected chi connectivity index (χ4v) is 2.18. The Labute approximate surface area is 96.3 Å². The number of hydrogen-bond donors (Lipinski definition) is 1. The summed E-state index contributed by atoms with van der Waals surface area (Å²) in [7, 11) is 2.01. The van der Waals surface area contributed by atoms with Crippen LogP contribution in [0.1, 0.15) is 25.3 Å². The Morgan fingerprint density at radius 2 is 2.12 bits per heavy atom. The van der Waals surface area contributed by atoms with Gasteiger partial charge in [-0.15, -0.1) is 0 Å². The SMILES string of the molecule is CC(C)C(CN)c1ccc2c(c1)ncn2C. The number of imidazole rings is 1. The van der Waals surface area contributed by atoms with Crippen molar-refractivity contribution in [3.8, 4) is 0 Å². The molecule has 2 aromatic rings. The summed E-state index contributed by atoms with van der Waals surface area (Å²) in [5.41, 5.74) is 9.35. The fraction of sp³-hybridized carbons (Fsp3) is 0.462. The minimum atomic E-state index is 0.423. The van der Waals surface area contributed by atoms with E-state index in [9.17, 15) is 0 Å². The summed E-state index contributed by atoms with van der Waals surface area (Å²) in [6.45, 7) is 5.11. The topological polar surface area (TPSA) is 43.8 Å². The normalized spacial score (nSPS) is 13.6. The second-order valence-corrected chi connectivity index (χ2v) is 4.69. The van der Waals surface area contributed by atoms with Crippen LogP contribution in [0.5, 0.6) is 0 Å². The molecule has 0 aliphatic heterocycles. The summed E-state index contributed by atoms with van der Waals surface area (Å²) in [5.74, 6) is 0.984. The standard InChI is InChI=1S/C13H19N3/c1-9(2)11(7-14)10-4-5-13-12(6-10)15-8-16(13)3/h4-6,8-9,11H,7,14H2,1-3H3. The van der Waals surface area contributed by atoms with Crippen LogP contribution in [0.2, 0.25) is 0 Å². The van der Waals surface area contributed by atoms with Crippen molar-refractivity contribution in [2.45, 2.75) is 19.8 Å². The molecule has 0 aliphatic rings. The van der Waals surface area contributed by atoms with E-state index in [1.807, 2.05) is 17.9 Å². The molecule has 2 rings (SSSR count). The molecule has 2 N–H and O–H groups in total. The Morgan fingerprint density at radius 3 is 2.75 bits per heavy atom. The van der Waals surface area contributed by atoms with E-state index in [1.54, 1.807) is 0 Å². The van der Waals surface area contributed by atoms with Gasteiger partial charge in [-0.2, -0.15) is 0 Å². The molecule has 1 unspecified atom stereocenters. The molecule has 1 aromatic carbocycles. The maximum absolute atomic E-state index is 5.83. The molecule has 0 bridgehead atoms. The van der Waals surface area contributed by atoms with E-state index in [0.717, 1.165) is 5.52 Å². The molecule has 0 spiro atoms. The number of nitrogens with two attached hydrogens (primary N) is 1. The lowest BCUT2D eigenvalue weighted by Crippen LogP contribution is -2.17. The third kappa shape index (κ3) is 1.83. The Balaban J connectivity index is 2.46. The van der Waals surface area contributed by atoms with Gasteiger partial charge < -0.3 is 10.3 Å². The summed E-state index contributed by atoms with van der Waals surface area (Å²) in [6.07, 6.45) is 1.85. The number of nitrogens with zero attached hydrogens (tertiary/aromatic N) is 2. The van der Waals surface area contributed by atoms with Crippen molar-refractivity contribution in [2.24, 2.45) is 18.7 Å². The Kier molecular flexibility index (Phi) is 2.97. The van der Waals surface area contributed by atoms with Gasteiger partial charge in [0.2, 0.25) is 0 Å². The van der Waals surface area contributed by atoms with Crippen molar-refractivity contribution in [1.29, 1.82) is 0 Å². The zero-order valence-corrected chi connectivity index (χ0v) is 10.1. The highest BCUT2D eigenvalue weighted by Crippen LogP contribution is 2.25. The van der Waals surface area contributed by atoms with Crippen LogP contribution in [0.4, 0.5) is 0 Å². The van der Waals surface area contributed by atoms with E-state index >= 15 is 0 Å². The van der Waals surface area contributed by atoms with Crippen LogP contribution in [0.3, 0.4) is 0 Å². The summed E-state index contributed by atoms with van der Waals surface area (Å²) < 4.78 is 2.03. The molecule has 0 radical (unpaired) electrons. The maximum atomic E-state index is 5.83. The highest BCUT2D eigenvalue weighted by Gasteiger charge is 2.14. The molecular weight excluding hydrogens is 198 g/mol. The minimum absolute atomic E-state index is 0.423. The summed E-state index contributed by atoms with van der Waals surface area (Å²) in [4.78, 5) is 4.38. The quantitative estimate of drug-likeness (QED) is 0.857. The number of fused-ring (bicyclic) bond motifs is 1. The lowest BCUT2D eigenvalue weighted by molar-refractivity contribution is 0.507. The van der Waals surface area contributed by atoms with Crippen LogP contribution in [0, 0.1) is 5.92 Å². The lowest BCUT2D eigenvalue weighted by Gasteiger charge is -2.19. The van der Waals surface area contributed by atoms with Crippen LogP contribution >= 0.6 is 0 Å². The van der Waals surface area contributed by atoms with Crippen molar-refractivity contribution < 1.29 is 0 Å². The van der Waals surface area contributed by atoms with Gasteiger partial charge in [0.25, 0.3) is 0 Å². The first-order valence-corrected chi connectivity index (χ1v) is 5.74. The van der Waals surface area contributed by atoms with Crippen molar-refractivity contribution >= 4 is 11.0 Å². The van der Waals surface area contributed by atoms with Gasteiger partial charge in [0.15, 0.2) is 0 Å². The Morgan fingerprint density at radius 1 is 1.38 bits per heavy atom. The number of benzene rings is 1. The smallest absolute Gasteiger partial charge is 0.0955 e. The van der Waals surface area contributed by atoms with Crippen molar-refractivity contribution in [3.63, 3.8) is 0 Å². The number of rotatable bonds is 3. The van der Waals surface area contributed by atoms with Crippen LogP contribution in [0.15, 0.2) is 24.5 Å². The first kappa shape index (κ1) is 11.1. The third-order valence-electron chi connectivity index (χ3n) is 3.24. The van der Waals surface area contributed by atoms with Gasteiger partial charge in [-0.25, -0.2) is 4.98 Å². The Bertz CT molecular complexity index is 485. The molecule has 1 atom stereocenters. The average molecular weight is 217 g/mol. The van der Waals surface area contributed by atoms with Crippen molar-refractivity contribution in [1.82, 2.24) is 9.55 Å². The molecule has 0 saturated heterocycles. The van der Waals surface area contributed by atoms with Crippen LogP contribution in [-0.4, -0.2) is 16.1 Å². The lowest BCUT2D eigenvalue weighted by atomic mass is 9.88. The number of aryl methyl sites for hydroxylation is 1. The molecule has 0 amide bonds. The van der Waals surface area contributed by atoms with Gasteiger partial charge in [0.1, 0.15) is 0 Å². The number of hydrogen-bond acceptors (Lipinski definition) is 2. The predicted octanol–water partition coefficient (Wildman–Crippen LogP) is 2.27. The molecule has 0 saturated carbocycles. The van der Waals surface area contributed by atoms with Gasteiger partial charge >= 0.3 is 0 Å². The highest BCUT2D eigenvalue weighted by molar-refractivity contribution is 5.76. The van der Waals surface area contributed by atoms with Gasteiger partial charge in [-0.3, -0.25) is 0 Å². The zero-order chi connectivity index (χ0) is 11.7. The van der Waals surface area contributed by atoms with Crippen LogP contribution < -0.4 is 5.73 Å². The van der Waals surface area contributed by atoms with E-state index in [-0.39, 0.29) is 0 Å². The second kappa shape index (κ2) is 4.26. The molecule has 86 valence electrons. The predicted molar refractivity (Wildman–Crippen MR) is 67.3 cm³/mol. The molecular formula is C13H19N3. The van der Waals surface area contributed by atoms with Gasteiger partial charge in [-0.1, -0.05) is 19.9 Å². The van der Waals surface area contributed by atoms with Crippen molar-refractivity contribution in [2.75, 3.05) is 6.54 Å². The fourth-order valence-electron chi connectivity index (χ4n) is 2.18. The largest absolute Gasteiger partial charge is 0.334 e. The maximum Gasteiger partial charge on any atom is 0.0955 e. The van der Waals surface area contributed by atoms with Gasteiger partial charge in [0.05, 0.1) is 17.4 Å². The number of aromatic nitrogens is 2. The van der Waals surface area contributed by atoms with E-state index < -0.39 is 0 Å². The summed E-state index contributed by atoms with van der Waals surface area (Å²) in [5, 5.41) is 0. The second-order valence-electron chi connectivity index (χ2n) is 4.69. The molecule has 0 aliphatic carbocycles. The first-order chi connectivity index (χ1) is 7.63. The first-order valence-electron chi connectivity index (χ1n) is 5.74. The Hall–Kier alpha value is -1.35. The third-order valence-corrected chi connectivity index (χ3v) is 3.24. The van der Waals surface area contributed by atoms with E-state index in [4.69, 9.17) is 5.73 Å². The molecule has 0 fully saturated rings. The molecule has 1 heterocycles. The van der Waals surface area contributed by atoms with E-state index in [2.05, 4.69) is 37.0 Å². The average Bonchev–Trinajstić information content (AvgIpc) is 2.61. The monoisotopic (exact) mass is 217 g/mol. The molecule has 3 nitrogen and oxygen atoms in total. The minimum Gasteiger partial charge on any atom is -0.334 e. The van der Waals surface area contributed by atoms with E-state index in [0.29, 0.717) is 18.4 Å². The van der Waals surface area contributed by atoms with Gasteiger partial charge in [0, 0.05) is 7.05 Å². The highest BCUT2D eigenvalue weighted by atomic mass is 15.0. The molecule has 16 heavy (non-hydrogen) atoms. The molecule has 1 aromatic heterocycles.